The lowest BCUT2D eigenvalue weighted by molar-refractivity contribution is -0.152. The zero-order valence-electron chi connectivity index (χ0n) is 28.2. The van der Waals surface area contributed by atoms with Crippen LogP contribution in [-0.4, -0.2) is 48.6 Å². The minimum atomic E-state index is -0.967. The first kappa shape index (κ1) is 39.6. The predicted octanol–water partition coefficient (Wildman–Crippen LogP) is 9.94. The van der Waals surface area contributed by atoms with Crippen LogP contribution in [0.15, 0.2) is 12.2 Å². The van der Waals surface area contributed by atoms with Crippen molar-refractivity contribution in [2.45, 2.75) is 199 Å². The normalized spacial score (nSPS) is 16.9. The average Bonchev–Trinajstić information content (AvgIpc) is 3.76. The molecule has 1 heterocycles. The van der Waals surface area contributed by atoms with Crippen molar-refractivity contribution in [3.05, 3.63) is 12.2 Å². The molecule has 1 saturated heterocycles. The molecule has 252 valence electrons. The zero-order chi connectivity index (χ0) is 31.2. The lowest BCUT2D eigenvalue weighted by Crippen LogP contribution is -2.25. The van der Waals surface area contributed by atoms with Crippen molar-refractivity contribution in [1.82, 2.24) is 0 Å². The van der Waals surface area contributed by atoms with Gasteiger partial charge in [0.25, 0.3) is 0 Å². The first-order valence-corrected chi connectivity index (χ1v) is 18.4. The summed E-state index contributed by atoms with van der Waals surface area (Å²) < 4.78 is 16.0. The van der Waals surface area contributed by atoms with Crippen molar-refractivity contribution in [2.24, 2.45) is 0 Å². The number of carbonyl (C=O) groups excluding carboxylic acids is 2. The zero-order valence-corrected chi connectivity index (χ0v) is 28.2. The van der Waals surface area contributed by atoms with Gasteiger partial charge in [0, 0.05) is 12.8 Å². The minimum Gasteiger partial charge on any atom is -0.463 e. The number of hydrogen-bond acceptors (Lipinski definition) is 6. The summed E-state index contributed by atoms with van der Waals surface area (Å²) in [6.45, 7) is 4.25. The highest BCUT2D eigenvalue weighted by molar-refractivity contribution is 5.69. The van der Waals surface area contributed by atoms with Crippen LogP contribution in [0.5, 0.6) is 0 Å². The van der Waals surface area contributed by atoms with Crippen LogP contribution in [0.1, 0.15) is 181 Å². The van der Waals surface area contributed by atoms with Crippen LogP contribution in [0.25, 0.3) is 0 Å². The van der Waals surface area contributed by atoms with Crippen LogP contribution >= 0.6 is 0 Å². The number of rotatable bonds is 32. The number of aliphatic hydroxyl groups is 1. The third-order valence-corrected chi connectivity index (χ3v) is 8.42. The van der Waals surface area contributed by atoms with Crippen LogP contribution in [0, 0.1) is 0 Å². The number of allylic oxidation sites excluding steroid dienone is 1. The molecule has 0 bridgehead atoms. The SMILES string of the molecule is CCCCCCCCCCCCCCCC(=O)OC[C@@H](O)COC(=O)CCCCCCC/C=C\CC1OC1CCCCC. The first-order chi connectivity index (χ1) is 21.1. The Labute approximate surface area is 265 Å². The smallest absolute Gasteiger partial charge is 0.305 e. The van der Waals surface area contributed by atoms with E-state index in [0.717, 1.165) is 51.4 Å². The lowest BCUT2D eigenvalue weighted by Gasteiger charge is -2.12. The summed E-state index contributed by atoms with van der Waals surface area (Å²) in [4.78, 5) is 23.9. The van der Waals surface area contributed by atoms with Crippen molar-refractivity contribution in [2.75, 3.05) is 13.2 Å². The summed E-state index contributed by atoms with van der Waals surface area (Å²) >= 11 is 0. The monoisotopic (exact) mass is 609 g/mol. The molecule has 43 heavy (non-hydrogen) atoms. The number of esters is 2. The van der Waals surface area contributed by atoms with E-state index in [9.17, 15) is 14.7 Å². The molecule has 2 unspecified atom stereocenters. The predicted molar refractivity (Wildman–Crippen MR) is 177 cm³/mol. The summed E-state index contributed by atoms with van der Waals surface area (Å²) in [6.07, 6.45) is 34.3. The van der Waals surface area contributed by atoms with Gasteiger partial charge >= 0.3 is 11.9 Å². The minimum absolute atomic E-state index is 0.119. The van der Waals surface area contributed by atoms with Gasteiger partial charge in [-0.05, 0) is 38.5 Å². The van der Waals surface area contributed by atoms with Crippen molar-refractivity contribution >= 4 is 11.9 Å². The second-order valence-electron chi connectivity index (χ2n) is 12.7. The molecular formula is C37H68O6. The molecule has 0 aliphatic carbocycles. The highest BCUT2D eigenvalue weighted by Crippen LogP contribution is 2.30. The Bertz CT molecular complexity index is 678. The summed E-state index contributed by atoms with van der Waals surface area (Å²) in [7, 11) is 0. The molecule has 1 aliphatic rings. The lowest BCUT2D eigenvalue weighted by atomic mass is 10.0. The van der Waals surface area contributed by atoms with Crippen LogP contribution in [-0.2, 0) is 23.8 Å². The van der Waals surface area contributed by atoms with Crippen molar-refractivity contribution in [1.29, 1.82) is 0 Å². The van der Waals surface area contributed by atoms with E-state index in [-0.39, 0.29) is 25.2 Å². The molecule has 6 heteroatoms. The van der Waals surface area contributed by atoms with Gasteiger partial charge in [-0.3, -0.25) is 9.59 Å². The average molecular weight is 609 g/mol. The maximum Gasteiger partial charge on any atom is 0.305 e. The first-order valence-electron chi connectivity index (χ1n) is 18.4. The maximum absolute atomic E-state index is 11.9. The number of ether oxygens (including phenoxy) is 3. The van der Waals surface area contributed by atoms with Gasteiger partial charge in [0.2, 0.25) is 0 Å². The van der Waals surface area contributed by atoms with Crippen LogP contribution in [0.3, 0.4) is 0 Å². The third-order valence-electron chi connectivity index (χ3n) is 8.42. The van der Waals surface area contributed by atoms with E-state index in [2.05, 4.69) is 26.0 Å². The molecule has 0 radical (unpaired) electrons. The van der Waals surface area contributed by atoms with Crippen molar-refractivity contribution in [3.8, 4) is 0 Å². The largest absolute Gasteiger partial charge is 0.463 e. The standard InChI is InChI=1S/C37H68O6/c1-3-5-7-8-9-10-11-12-13-14-18-21-25-29-36(39)41-31-33(38)32-42-37(40)30-26-22-19-16-15-17-20-24-28-35-34(43-35)27-23-6-4-2/h20,24,33-35,38H,3-19,21-23,25-32H2,1-2H3/b24-20-/t33-,34?,35?/m1/s1. The molecule has 0 aromatic heterocycles. The summed E-state index contributed by atoms with van der Waals surface area (Å²) in [5.41, 5.74) is 0. The van der Waals surface area contributed by atoms with Gasteiger partial charge in [-0.1, -0.05) is 142 Å². The van der Waals surface area contributed by atoms with Gasteiger partial charge in [0.1, 0.15) is 19.3 Å². The van der Waals surface area contributed by atoms with Crippen LogP contribution in [0.4, 0.5) is 0 Å². The van der Waals surface area contributed by atoms with Gasteiger partial charge in [0.15, 0.2) is 0 Å². The Kier molecular flexibility index (Phi) is 27.0. The molecule has 1 fully saturated rings. The summed E-state index contributed by atoms with van der Waals surface area (Å²) in [5, 5.41) is 9.98. The number of aliphatic hydroxyl groups excluding tert-OH is 1. The van der Waals surface area contributed by atoms with Gasteiger partial charge in [-0.25, -0.2) is 0 Å². The topological polar surface area (TPSA) is 85.4 Å². The number of hydrogen-bond donors (Lipinski definition) is 1. The Balaban J connectivity index is 1.82. The number of carbonyl (C=O) groups is 2. The Morgan fingerprint density at radius 2 is 1.05 bits per heavy atom. The van der Waals surface area contributed by atoms with E-state index in [1.165, 1.54) is 103 Å². The quantitative estimate of drug-likeness (QED) is 0.0354. The van der Waals surface area contributed by atoms with Gasteiger partial charge in [-0.15, -0.1) is 0 Å². The fraction of sp³-hybridized carbons (Fsp3) is 0.892. The molecule has 0 spiro atoms. The van der Waals surface area contributed by atoms with Crippen LogP contribution in [0.2, 0.25) is 0 Å². The molecule has 1 N–H and O–H groups in total. The van der Waals surface area contributed by atoms with Crippen molar-refractivity contribution < 1.29 is 28.9 Å². The Hall–Kier alpha value is -1.40. The number of epoxide rings is 1. The fourth-order valence-corrected chi connectivity index (χ4v) is 5.50. The van der Waals surface area contributed by atoms with E-state index in [0.29, 0.717) is 25.0 Å². The maximum atomic E-state index is 11.9. The molecular weight excluding hydrogens is 540 g/mol. The molecule has 0 aromatic carbocycles. The third kappa shape index (κ3) is 26.7. The fourth-order valence-electron chi connectivity index (χ4n) is 5.50. The van der Waals surface area contributed by atoms with E-state index < -0.39 is 6.10 Å². The highest BCUT2D eigenvalue weighted by Gasteiger charge is 2.36. The Morgan fingerprint density at radius 3 is 1.56 bits per heavy atom. The van der Waals surface area contributed by atoms with E-state index in [4.69, 9.17) is 14.2 Å². The summed E-state index contributed by atoms with van der Waals surface area (Å²) in [6, 6.07) is 0. The molecule has 1 rings (SSSR count). The van der Waals surface area contributed by atoms with E-state index >= 15 is 0 Å². The molecule has 6 nitrogen and oxygen atoms in total. The second-order valence-corrected chi connectivity index (χ2v) is 12.7. The molecule has 3 atom stereocenters. The Morgan fingerprint density at radius 1 is 0.605 bits per heavy atom. The van der Waals surface area contributed by atoms with Gasteiger partial charge in [-0.2, -0.15) is 0 Å². The van der Waals surface area contributed by atoms with E-state index in [1.54, 1.807) is 0 Å². The van der Waals surface area contributed by atoms with Gasteiger partial charge in [0.05, 0.1) is 12.2 Å². The highest BCUT2D eigenvalue weighted by atomic mass is 16.6. The number of unbranched alkanes of at least 4 members (excludes halogenated alkanes) is 19. The molecule has 0 saturated carbocycles. The molecule has 0 amide bonds. The van der Waals surface area contributed by atoms with Crippen molar-refractivity contribution in [3.63, 3.8) is 0 Å². The van der Waals surface area contributed by atoms with E-state index in [1.807, 2.05) is 0 Å². The molecule has 1 aliphatic heterocycles. The summed E-state index contributed by atoms with van der Waals surface area (Å²) in [5.74, 6) is -0.581. The second kappa shape index (κ2) is 29.3. The van der Waals surface area contributed by atoms with Crippen LogP contribution < -0.4 is 0 Å². The molecule has 0 aromatic rings. The van der Waals surface area contributed by atoms with Gasteiger partial charge < -0.3 is 19.3 Å².